The lowest BCUT2D eigenvalue weighted by Gasteiger charge is -2.33. The summed E-state index contributed by atoms with van der Waals surface area (Å²) in [5, 5.41) is 8.01. The van der Waals surface area contributed by atoms with Gasteiger partial charge in [-0.3, -0.25) is 19.3 Å². The maximum Gasteiger partial charge on any atom is 0.309 e. The third-order valence-corrected chi connectivity index (χ3v) is 4.83. The first-order chi connectivity index (χ1) is 13.0. The molecule has 0 saturated carbocycles. The van der Waals surface area contributed by atoms with Gasteiger partial charge in [0.05, 0.1) is 19.3 Å². The van der Waals surface area contributed by atoms with Gasteiger partial charge in [-0.1, -0.05) is 0 Å². The number of aryl methyl sites for hydroxylation is 1. The molecule has 0 aromatic carbocycles. The number of ether oxygens (including phenoxy) is 1. The largest absolute Gasteiger partial charge is 0.465 e. The van der Waals surface area contributed by atoms with Crippen LogP contribution >= 0.6 is 0 Å². The second kappa shape index (κ2) is 9.01. The summed E-state index contributed by atoms with van der Waals surface area (Å²) in [6, 6.07) is 3.51. The van der Waals surface area contributed by atoms with Crippen molar-refractivity contribution < 1.29 is 23.5 Å². The van der Waals surface area contributed by atoms with Crippen LogP contribution in [0.1, 0.15) is 30.4 Å². The van der Waals surface area contributed by atoms with Crippen molar-refractivity contribution in [2.24, 2.45) is 0 Å². The van der Waals surface area contributed by atoms with E-state index in [-0.39, 0.29) is 31.1 Å². The van der Waals surface area contributed by atoms with Crippen LogP contribution in [0.3, 0.4) is 0 Å². The summed E-state index contributed by atoms with van der Waals surface area (Å²) in [5.74, 6) is 0.129. The molecule has 3 N–H and O–H groups in total. The Morgan fingerprint density at radius 2 is 2.00 bits per heavy atom. The zero-order valence-corrected chi connectivity index (χ0v) is 15.5. The molecule has 1 aromatic rings. The van der Waals surface area contributed by atoms with Crippen LogP contribution < -0.4 is 16.0 Å². The Balaban J connectivity index is 1.51. The van der Waals surface area contributed by atoms with Gasteiger partial charge in [0.1, 0.15) is 11.5 Å². The molecule has 2 fully saturated rings. The van der Waals surface area contributed by atoms with Crippen molar-refractivity contribution >= 4 is 17.7 Å². The van der Waals surface area contributed by atoms with Gasteiger partial charge >= 0.3 is 11.8 Å². The van der Waals surface area contributed by atoms with E-state index in [1.165, 1.54) is 0 Å². The van der Waals surface area contributed by atoms with Gasteiger partial charge in [0, 0.05) is 38.6 Å². The molecule has 3 amide bonds. The molecule has 0 spiro atoms. The molecular formula is C18H26N4O5. The van der Waals surface area contributed by atoms with Crippen molar-refractivity contribution in [1.82, 2.24) is 20.9 Å². The van der Waals surface area contributed by atoms with Gasteiger partial charge in [0.2, 0.25) is 5.91 Å². The number of hydrogen-bond acceptors (Lipinski definition) is 6. The van der Waals surface area contributed by atoms with Crippen LogP contribution in [-0.4, -0.2) is 68.1 Å². The van der Waals surface area contributed by atoms with Crippen LogP contribution in [-0.2, 0) is 19.1 Å². The van der Waals surface area contributed by atoms with Gasteiger partial charge in [0.25, 0.3) is 0 Å². The van der Waals surface area contributed by atoms with Crippen LogP contribution in [0.2, 0.25) is 0 Å². The topological polar surface area (TPSA) is 113 Å². The van der Waals surface area contributed by atoms with Crippen molar-refractivity contribution in [1.29, 1.82) is 0 Å². The van der Waals surface area contributed by atoms with E-state index < -0.39 is 11.8 Å². The van der Waals surface area contributed by atoms with Crippen LogP contribution in [0.4, 0.5) is 0 Å². The molecular weight excluding hydrogens is 352 g/mol. The average Bonchev–Trinajstić information content (AvgIpc) is 3.29. The van der Waals surface area contributed by atoms with Gasteiger partial charge in [-0.25, -0.2) is 0 Å². The number of morpholine rings is 1. The first-order valence-corrected chi connectivity index (χ1v) is 9.26. The maximum atomic E-state index is 12.2. The Labute approximate surface area is 157 Å². The summed E-state index contributed by atoms with van der Waals surface area (Å²) in [6.45, 7) is 5.09. The monoisotopic (exact) mass is 378 g/mol. The summed E-state index contributed by atoms with van der Waals surface area (Å²) in [4.78, 5) is 37.5. The van der Waals surface area contributed by atoms with Gasteiger partial charge in [-0.2, -0.15) is 0 Å². The Hall–Kier alpha value is -2.39. The standard InChI is InChI=1S/C18H26N4O5/c1-12-2-4-15(27-12)14(22-6-8-26-9-7-22)11-20-18(25)17(24)19-10-13-3-5-16(23)21-13/h2,4,13-14H,3,5-11H2,1H3,(H,19,24)(H,20,25)(H,21,23)/t13-,14?/m0/s1. The highest BCUT2D eigenvalue weighted by molar-refractivity contribution is 6.35. The molecule has 1 aromatic heterocycles. The van der Waals surface area contributed by atoms with E-state index in [9.17, 15) is 14.4 Å². The smallest absolute Gasteiger partial charge is 0.309 e. The van der Waals surface area contributed by atoms with E-state index in [2.05, 4.69) is 20.9 Å². The fourth-order valence-corrected chi connectivity index (χ4v) is 3.33. The number of furan rings is 1. The van der Waals surface area contributed by atoms with Crippen LogP contribution in [0, 0.1) is 6.92 Å². The second-order valence-electron chi connectivity index (χ2n) is 6.84. The Morgan fingerprint density at radius 3 is 2.63 bits per heavy atom. The molecule has 27 heavy (non-hydrogen) atoms. The minimum atomic E-state index is -0.701. The SMILES string of the molecule is Cc1ccc(C(CNC(=O)C(=O)NC[C@@H]2CCC(=O)N2)N2CCOCC2)o1. The van der Waals surface area contributed by atoms with E-state index in [0.717, 1.165) is 24.6 Å². The molecule has 9 heteroatoms. The van der Waals surface area contributed by atoms with Crippen molar-refractivity contribution in [3.05, 3.63) is 23.7 Å². The molecule has 2 atom stereocenters. The minimum Gasteiger partial charge on any atom is -0.465 e. The maximum absolute atomic E-state index is 12.2. The van der Waals surface area contributed by atoms with E-state index in [4.69, 9.17) is 9.15 Å². The number of rotatable bonds is 6. The second-order valence-corrected chi connectivity index (χ2v) is 6.84. The summed E-state index contributed by atoms with van der Waals surface area (Å²) in [5.41, 5.74) is 0. The van der Waals surface area contributed by atoms with Crippen molar-refractivity contribution in [3.8, 4) is 0 Å². The fraction of sp³-hybridized carbons (Fsp3) is 0.611. The summed E-state index contributed by atoms with van der Waals surface area (Å²) >= 11 is 0. The number of hydrogen-bond donors (Lipinski definition) is 3. The number of nitrogens with zero attached hydrogens (tertiary/aromatic N) is 1. The Morgan fingerprint density at radius 1 is 1.26 bits per heavy atom. The predicted molar refractivity (Wildman–Crippen MR) is 95.8 cm³/mol. The molecule has 3 heterocycles. The van der Waals surface area contributed by atoms with Crippen molar-refractivity contribution in [2.75, 3.05) is 39.4 Å². The van der Waals surface area contributed by atoms with Crippen LogP contribution in [0.25, 0.3) is 0 Å². The molecule has 0 bridgehead atoms. The van der Waals surface area contributed by atoms with Crippen molar-refractivity contribution in [3.63, 3.8) is 0 Å². The highest BCUT2D eigenvalue weighted by Crippen LogP contribution is 2.23. The summed E-state index contributed by atoms with van der Waals surface area (Å²) < 4.78 is 11.1. The normalized spacial score (nSPS) is 21.5. The first-order valence-electron chi connectivity index (χ1n) is 9.26. The van der Waals surface area contributed by atoms with Crippen molar-refractivity contribution in [2.45, 2.75) is 31.8 Å². The molecule has 0 aliphatic carbocycles. The molecule has 2 aliphatic rings. The average molecular weight is 378 g/mol. The van der Waals surface area contributed by atoms with Crippen LogP contribution in [0.15, 0.2) is 16.5 Å². The predicted octanol–water partition coefficient (Wildman–Crippen LogP) is -0.528. The molecule has 2 saturated heterocycles. The number of carbonyl (C=O) groups excluding carboxylic acids is 3. The molecule has 148 valence electrons. The van der Waals surface area contributed by atoms with Gasteiger partial charge < -0.3 is 25.1 Å². The molecule has 9 nitrogen and oxygen atoms in total. The summed E-state index contributed by atoms with van der Waals surface area (Å²) in [7, 11) is 0. The summed E-state index contributed by atoms with van der Waals surface area (Å²) in [6.07, 6.45) is 1.12. The highest BCUT2D eigenvalue weighted by Gasteiger charge is 2.27. The van der Waals surface area contributed by atoms with E-state index >= 15 is 0 Å². The zero-order chi connectivity index (χ0) is 19.2. The zero-order valence-electron chi connectivity index (χ0n) is 15.5. The van der Waals surface area contributed by atoms with E-state index in [0.29, 0.717) is 26.1 Å². The third kappa shape index (κ3) is 5.30. The number of nitrogens with one attached hydrogen (secondary N) is 3. The number of amides is 3. The molecule has 0 radical (unpaired) electrons. The lowest BCUT2D eigenvalue weighted by Crippen LogP contribution is -2.48. The lowest BCUT2D eigenvalue weighted by molar-refractivity contribution is -0.139. The van der Waals surface area contributed by atoms with Gasteiger partial charge in [-0.15, -0.1) is 0 Å². The van der Waals surface area contributed by atoms with E-state index in [1.807, 2.05) is 19.1 Å². The molecule has 2 aliphatic heterocycles. The number of carbonyl (C=O) groups is 3. The third-order valence-electron chi connectivity index (χ3n) is 4.83. The first kappa shape index (κ1) is 19.4. The Bertz CT molecular complexity index is 683. The highest BCUT2D eigenvalue weighted by atomic mass is 16.5. The molecule has 1 unspecified atom stereocenters. The van der Waals surface area contributed by atoms with Gasteiger partial charge in [0.15, 0.2) is 0 Å². The minimum absolute atomic E-state index is 0.0270. The Kier molecular flexibility index (Phi) is 6.46. The van der Waals surface area contributed by atoms with Crippen LogP contribution in [0.5, 0.6) is 0 Å². The quantitative estimate of drug-likeness (QED) is 0.574. The molecule has 3 rings (SSSR count). The van der Waals surface area contributed by atoms with Gasteiger partial charge in [-0.05, 0) is 25.5 Å². The fourth-order valence-electron chi connectivity index (χ4n) is 3.33. The van der Waals surface area contributed by atoms with E-state index in [1.54, 1.807) is 0 Å². The lowest BCUT2D eigenvalue weighted by atomic mass is 10.1.